The molecule has 114 valence electrons. The Kier molecular flexibility index (Phi) is 4.27. The van der Waals surface area contributed by atoms with Gasteiger partial charge in [0.1, 0.15) is 5.76 Å². The number of furan rings is 1. The molecular formula is C16H22N2O3. The van der Waals surface area contributed by atoms with Crippen molar-refractivity contribution < 1.29 is 14.0 Å². The summed E-state index contributed by atoms with van der Waals surface area (Å²) in [5.74, 6) is 0.439. The molecule has 1 aromatic rings. The van der Waals surface area contributed by atoms with E-state index in [0.29, 0.717) is 19.0 Å². The van der Waals surface area contributed by atoms with Gasteiger partial charge in [-0.05, 0) is 31.4 Å². The van der Waals surface area contributed by atoms with Gasteiger partial charge in [-0.1, -0.05) is 19.3 Å². The molecule has 2 atom stereocenters. The number of hydrogen-bond donors (Lipinski definition) is 2. The monoisotopic (exact) mass is 290 g/mol. The fraction of sp³-hybridized carbons (Fsp3) is 0.625. The first kappa shape index (κ1) is 14.2. The van der Waals surface area contributed by atoms with Gasteiger partial charge in [0.05, 0.1) is 24.6 Å². The predicted octanol–water partition coefficient (Wildman–Crippen LogP) is 1.98. The van der Waals surface area contributed by atoms with Crippen LogP contribution in [0.3, 0.4) is 0 Å². The van der Waals surface area contributed by atoms with Gasteiger partial charge in [0.15, 0.2) is 0 Å². The quantitative estimate of drug-likeness (QED) is 0.871. The molecular weight excluding hydrogens is 268 g/mol. The van der Waals surface area contributed by atoms with Crippen LogP contribution in [-0.2, 0) is 16.1 Å². The molecule has 2 unspecified atom stereocenters. The lowest BCUT2D eigenvalue weighted by Crippen LogP contribution is -2.38. The zero-order chi connectivity index (χ0) is 14.7. The maximum Gasteiger partial charge on any atom is 0.224 e. The Hall–Kier alpha value is -1.78. The highest BCUT2D eigenvalue weighted by Crippen LogP contribution is 2.39. The van der Waals surface area contributed by atoms with Crippen molar-refractivity contribution in [2.24, 2.45) is 11.8 Å². The molecule has 0 aliphatic heterocycles. The molecule has 1 aromatic heterocycles. The van der Waals surface area contributed by atoms with Gasteiger partial charge in [0.2, 0.25) is 11.8 Å². The third-order valence-corrected chi connectivity index (χ3v) is 4.43. The molecule has 5 nitrogen and oxygen atoms in total. The van der Waals surface area contributed by atoms with Gasteiger partial charge in [-0.15, -0.1) is 0 Å². The maximum atomic E-state index is 12.1. The number of nitrogens with one attached hydrogen (secondary N) is 2. The van der Waals surface area contributed by atoms with Gasteiger partial charge in [-0.2, -0.15) is 0 Å². The molecule has 0 aromatic carbocycles. The van der Waals surface area contributed by atoms with E-state index < -0.39 is 0 Å². The van der Waals surface area contributed by atoms with Crippen LogP contribution in [-0.4, -0.2) is 17.9 Å². The molecule has 2 aliphatic carbocycles. The SMILES string of the molecule is O=C(NCc1ccco1)C1CC1C(=O)NC1CCCCC1. The number of hydrogen-bond acceptors (Lipinski definition) is 3. The largest absolute Gasteiger partial charge is 0.467 e. The van der Waals surface area contributed by atoms with Crippen molar-refractivity contribution in [2.75, 3.05) is 0 Å². The molecule has 0 bridgehead atoms. The minimum absolute atomic E-state index is 0.0461. The lowest BCUT2D eigenvalue weighted by atomic mass is 9.95. The van der Waals surface area contributed by atoms with Crippen LogP contribution in [0.15, 0.2) is 22.8 Å². The van der Waals surface area contributed by atoms with Crippen molar-refractivity contribution >= 4 is 11.8 Å². The van der Waals surface area contributed by atoms with E-state index >= 15 is 0 Å². The van der Waals surface area contributed by atoms with Crippen LogP contribution in [0, 0.1) is 11.8 Å². The van der Waals surface area contributed by atoms with Crippen LogP contribution in [0.1, 0.15) is 44.3 Å². The van der Waals surface area contributed by atoms with Crippen LogP contribution in [0.25, 0.3) is 0 Å². The highest BCUT2D eigenvalue weighted by Gasteiger charge is 2.48. The van der Waals surface area contributed by atoms with E-state index in [1.54, 1.807) is 12.3 Å². The molecule has 21 heavy (non-hydrogen) atoms. The van der Waals surface area contributed by atoms with Crippen LogP contribution in [0.5, 0.6) is 0 Å². The van der Waals surface area contributed by atoms with Crippen LogP contribution in [0.2, 0.25) is 0 Å². The van der Waals surface area contributed by atoms with Crippen molar-refractivity contribution in [3.8, 4) is 0 Å². The Morgan fingerprint density at radius 1 is 1.14 bits per heavy atom. The number of rotatable bonds is 5. The van der Waals surface area contributed by atoms with Crippen molar-refractivity contribution in [3.05, 3.63) is 24.2 Å². The van der Waals surface area contributed by atoms with E-state index in [-0.39, 0.29) is 23.7 Å². The van der Waals surface area contributed by atoms with Gasteiger partial charge in [-0.3, -0.25) is 9.59 Å². The topological polar surface area (TPSA) is 71.3 Å². The Bertz CT molecular complexity index is 492. The molecule has 2 fully saturated rings. The summed E-state index contributed by atoms with van der Waals surface area (Å²) in [6.07, 6.45) is 8.07. The molecule has 1 heterocycles. The minimum atomic E-state index is -0.163. The van der Waals surface area contributed by atoms with Gasteiger partial charge >= 0.3 is 0 Å². The van der Waals surface area contributed by atoms with Crippen molar-refractivity contribution in [1.82, 2.24) is 10.6 Å². The van der Waals surface area contributed by atoms with Crippen molar-refractivity contribution in [2.45, 2.75) is 51.1 Å². The van der Waals surface area contributed by atoms with E-state index in [4.69, 9.17) is 4.42 Å². The summed E-state index contributed by atoms with van der Waals surface area (Å²) >= 11 is 0. The molecule has 2 amide bonds. The number of carbonyl (C=O) groups excluding carboxylic acids is 2. The predicted molar refractivity (Wildman–Crippen MR) is 77.2 cm³/mol. The number of carbonyl (C=O) groups is 2. The normalized spacial score (nSPS) is 25.3. The summed E-state index contributed by atoms with van der Waals surface area (Å²) < 4.78 is 5.16. The third-order valence-electron chi connectivity index (χ3n) is 4.43. The Balaban J connectivity index is 1.40. The fourth-order valence-electron chi connectivity index (χ4n) is 3.05. The maximum absolute atomic E-state index is 12.1. The first-order valence-corrected chi connectivity index (χ1v) is 7.84. The number of amides is 2. The highest BCUT2D eigenvalue weighted by molar-refractivity contribution is 5.92. The Morgan fingerprint density at radius 3 is 2.62 bits per heavy atom. The van der Waals surface area contributed by atoms with Gasteiger partial charge in [0.25, 0.3) is 0 Å². The lowest BCUT2D eigenvalue weighted by molar-refractivity contribution is -0.127. The van der Waals surface area contributed by atoms with Gasteiger partial charge in [-0.25, -0.2) is 0 Å². The zero-order valence-corrected chi connectivity index (χ0v) is 12.1. The van der Waals surface area contributed by atoms with Crippen LogP contribution >= 0.6 is 0 Å². The summed E-state index contributed by atoms with van der Waals surface area (Å²) in [6.45, 7) is 0.388. The van der Waals surface area contributed by atoms with Gasteiger partial charge in [0, 0.05) is 6.04 Å². The fourth-order valence-corrected chi connectivity index (χ4v) is 3.05. The molecule has 2 N–H and O–H groups in total. The molecule has 0 saturated heterocycles. The standard InChI is InChI=1S/C16H22N2O3/c19-15(17-10-12-7-4-8-21-12)13-9-14(13)16(20)18-11-5-2-1-3-6-11/h4,7-8,11,13-14H,1-3,5-6,9-10H2,(H,17,19)(H,18,20). The minimum Gasteiger partial charge on any atom is -0.467 e. The summed E-state index contributed by atoms with van der Waals surface area (Å²) in [5.41, 5.74) is 0. The molecule has 0 radical (unpaired) electrons. The molecule has 3 rings (SSSR count). The second-order valence-corrected chi connectivity index (χ2v) is 6.09. The Labute approximate surface area is 124 Å². The second-order valence-electron chi connectivity index (χ2n) is 6.09. The van der Waals surface area contributed by atoms with Crippen LogP contribution < -0.4 is 10.6 Å². The molecule has 5 heteroatoms. The third kappa shape index (κ3) is 3.65. The van der Waals surface area contributed by atoms with E-state index in [1.165, 1.54) is 19.3 Å². The lowest BCUT2D eigenvalue weighted by Gasteiger charge is -2.22. The van der Waals surface area contributed by atoms with Crippen molar-refractivity contribution in [3.63, 3.8) is 0 Å². The van der Waals surface area contributed by atoms with Crippen molar-refractivity contribution in [1.29, 1.82) is 0 Å². The van der Waals surface area contributed by atoms with E-state index in [9.17, 15) is 9.59 Å². The first-order valence-electron chi connectivity index (χ1n) is 7.84. The van der Waals surface area contributed by atoms with Crippen LogP contribution in [0.4, 0.5) is 0 Å². The molecule has 2 aliphatic rings. The van der Waals surface area contributed by atoms with Gasteiger partial charge < -0.3 is 15.1 Å². The average molecular weight is 290 g/mol. The van der Waals surface area contributed by atoms with E-state index in [0.717, 1.165) is 18.6 Å². The average Bonchev–Trinajstić information content (AvgIpc) is 3.14. The summed E-state index contributed by atoms with van der Waals surface area (Å²) in [5, 5.41) is 5.92. The first-order chi connectivity index (χ1) is 10.2. The summed E-state index contributed by atoms with van der Waals surface area (Å²) in [7, 11) is 0. The van der Waals surface area contributed by atoms with E-state index in [1.807, 2.05) is 6.07 Å². The summed E-state index contributed by atoms with van der Waals surface area (Å²) in [4.78, 5) is 24.1. The highest BCUT2D eigenvalue weighted by atomic mass is 16.3. The molecule has 0 spiro atoms. The molecule has 2 saturated carbocycles. The Morgan fingerprint density at radius 2 is 1.90 bits per heavy atom. The zero-order valence-electron chi connectivity index (χ0n) is 12.1. The second kappa shape index (κ2) is 6.33. The smallest absolute Gasteiger partial charge is 0.224 e. The van der Waals surface area contributed by atoms with E-state index in [2.05, 4.69) is 10.6 Å². The summed E-state index contributed by atoms with van der Waals surface area (Å²) in [6, 6.07) is 3.93.